The van der Waals surface area contributed by atoms with Crippen LogP contribution in [0, 0.1) is 39.0 Å². The van der Waals surface area contributed by atoms with Gasteiger partial charge < -0.3 is 93.5 Å². The van der Waals surface area contributed by atoms with Crippen LogP contribution in [0.3, 0.4) is 0 Å². The number of rotatable bonds is 4. The second-order valence-electron chi connectivity index (χ2n) is 30.2. The van der Waals surface area contributed by atoms with Gasteiger partial charge in [0.2, 0.25) is 13.6 Å². The molecule has 8 aromatic rings. The molecule has 4 saturated heterocycles. The molecule has 6 aromatic carbocycles. The van der Waals surface area contributed by atoms with Crippen molar-refractivity contribution < 1.29 is 92.1 Å². The van der Waals surface area contributed by atoms with Crippen LogP contribution < -0.4 is 59.2 Å². The van der Waals surface area contributed by atoms with Crippen LogP contribution >= 0.6 is 23.5 Å². The number of ether oxygens (including phenoxy) is 10. The molecule has 0 radical (unpaired) electrons. The van der Waals surface area contributed by atoms with E-state index in [-0.39, 0.29) is 67.3 Å². The molecule has 0 saturated carbocycles. The van der Waals surface area contributed by atoms with Crippen LogP contribution in [0.15, 0.2) is 48.5 Å². The number of aromatic amines is 2. The third-order valence-corrected chi connectivity index (χ3v) is 27.5. The molecule has 14 atom stereocenters. The SMILES string of the molecule is COc1c(C)cc2c(c1O)[C@H]1N[C@@H](C2)[C@H](C#N)N2C1[C@@H]1SC[C@]3(NCCc4c3[nH]c3ccc(O)cc43)C(=O)OC[C@H]2c2c3c(c(C)c(OC(C)=O)c21)OCO3.COc1c(C)cc2c(c1O)[C@H]1N[C@@H](C2)[C@H](O)N2C1[C@@H]1SC[C@]3(NCCc4c3[nH]c3ccc(O)cc43)C(=O)OC[C@H]2c2c3c(c(C)c(OC(C)=O)c21)OCO3. The lowest BCUT2D eigenvalue weighted by atomic mass is 9.72. The molecule has 4 fully saturated rings. The smallest absolute Gasteiger partial charge is 0.333 e. The molecule has 14 aliphatic rings. The zero-order chi connectivity index (χ0) is 75.4. The third-order valence-electron chi connectivity index (χ3n) is 24.5. The number of phenols is 4. The molecular formula is C79H79N9O19S2. The minimum Gasteiger partial charge on any atom is -0.508 e. The van der Waals surface area contributed by atoms with Crippen molar-refractivity contribution in [1.82, 2.24) is 41.0 Å². The van der Waals surface area contributed by atoms with Gasteiger partial charge in [-0.05, 0) is 123 Å². The van der Waals surface area contributed by atoms with E-state index in [0.29, 0.717) is 141 Å². The Balaban J connectivity index is 0.000000148. The number of esters is 4. The van der Waals surface area contributed by atoms with Crippen molar-refractivity contribution in [3.8, 4) is 75.1 Å². The number of aliphatic hydroxyl groups is 1. The molecule has 30 heteroatoms. The number of methoxy groups -OCH3 is 2. The molecule has 2 aromatic heterocycles. The van der Waals surface area contributed by atoms with Crippen molar-refractivity contribution in [1.29, 1.82) is 5.26 Å². The first kappa shape index (κ1) is 69.6. The summed E-state index contributed by atoms with van der Waals surface area (Å²) in [6.45, 7) is 10.7. The Bertz CT molecular complexity index is 5370. The first-order valence-electron chi connectivity index (χ1n) is 36.6. The number of nitrogens with zero attached hydrogens (tertiary/aromatic N) is 3. The quantitative estimate of drug-likeness (QED) is 0.0594. The fourth-order valence-corrected chi connectivity index (χ4v) is 23.7. The second-order valence-corrected chi connectivity index (χ2v) is 32.5. The number of carbonyl (C=O) groups excluding carboxylic acids is 4. The van der Waals surface area contributed by atoms with Crippen LogP contribution in [0.1, 0.15) is 138 Å². The summed E-state index contributed by atoms with van der Waals surface area (Å²) in [7, 11) is 3.06. The molecular weight excluding hydrogens is 1440 g/mol. The minimum absolute atomic E-state index is 0.0304. The van der Waals surface area contributed by atoms with E-state index in [1.165, 1.54) is 51.6 Å². The molecule has 109 heavy (non-hydrogen) atoms. The van der Waals surface area contributed by atoms with E-state index in [1.54, 1.807) is 36.4 Å². The molecule has 14 aliphatic heterocycles. The Hall–Kier alpha value is -9.81. The van der Waals surface area contributed by atoms with Gasteiger partial charge in [0.1, 0.15) is 48.5 Å². The first-order valence-corrected chi connectivity index (χ1v) is 38.7. The number of nitriles is 1. The number of fused-ring (bicyclic) bond motifs is 22. The molecule has 0 aliphatic carbocycles. The highest BCUT2D eigenvalue weighted by molar-refractivity contribution is 7.99. The highest BCUT2D eigenvalue weighted by Crippen LogP contribution is 2.66. The average Bonchev–Trinajstić information content (AvgIpc) is 1.18. The largest absolute Gasteiger partial charge is 0.508 e. The number of aromatic hydroxyl groups is 4. The lowest BCUT2D eigenvalue weighted by Gasteiger charge is -2.59. The number of phenolic OH excluding ortho intramolecular Hbond substituents is 4. The molecule has 28 nitrogen and oxygen atoms in total. The molecule has 2 unspecified atom stereocenters. The number of thioether (sulfide) groups is 2. The fourth-order valence-electron chi connectivity index (χ4n) is 20.3. The molecule has 8 bridgehead atoms. The van der Waals surface area contributed by atoms with Crippen molar-refractivity contribution in [2.75, 3.05) is 65.6 Å². The second kappa shape index (κ2) is 25.4. The van der Waals surface area contributed by atoms with Crippen molar-refractivity contribution in [2.24, 2.45) is 0 Å². The Morgan fingerprint density at radius 3 is 1.48 bits per heavy atom. The summed E-state index contributed by atoms with van der Waals surface area (Å²) >= 11 is 2.98. The number of benzene rings is 6. The van der Waals surface area contributed by atoms with Crippen molar-refractivity contribution >= 4 is 69.2 Å². The van der Waals surface area contributed by atoms with Gasteiger partial charge in [0.05, 0.1) is 72.4 Å². The maximum absolute atomic E-state index is 14.8. The Labute approximate surface area is 632 Å². The summed E-state index contributed by atoms with van der Waals surface area (Å²) in [5, 5.41) is 83.1. The summed E-state index contributed by atoms with van der Waals surface area (Å²) in [5.74, 6) is 1.92. The standard InChI is InChI=1S/C40H39N5O9S.C39H40N4O10S/c1-16-9-19-10-24-25(12-41)45-26-13-51-39(49)40(38-21(7-8-42-40)22-11-20(47)5-6-23(22)44-38)14-55-37(31(45)30(43-24)27(19)32(48)33(16)50-4)29-28(26)36-35(52-15-53-36)17(2)34(29)54-18(3)46;1-15-9-18-10-23-37(47)43-24-12-50-38(48)39(36-20(7-8-40-39)21-11-19(45)5-6-22(21)42-36)13-54-35(29(43)28(41-23)25(18)30(46)31(15)49-4)27-26(24)34-33(51-14-52-34)16(2)32(27)53-17(3)44/h5-6,9,11,24-26,30-31,37,42-44,47-48H,7-8,10,13-15H2,1-4H3;5-6,9,11,23-24,28-29,35,37,40-42,45-47H,7-8,10,12-14H2,1-4H3/t24-,25-,26-,30+,31?,37+,40+;23-,24-,28+,29?,35+,37-,39+/m00/s1. The summed E-state index contributed by atoms with van der Waals surface area (Å²) in [4.78, 5) is 66.4. The van der Waals surface area contributed by atoms with E-state index in [0.717, 1.165) is 55.2 Å². The zero-order valence-corrected chi connectivity index (χ0v) is 62.3. The summed E-state index contributed by atoms with van der Waals surface area (Å²) in [5.41, 5.74) is 10.7. The summed E-state index contributed by atoms with van der Waals surface area (Å²) in [6.07, 6.45) is 1.10. The van der Waals surface area contributed by atoms with E-state index in [4.69, 9.17) is 47.4 Å². The van der Waals surface area contributed by atoms with Crippen LogP contribution in [0.2, 0.25) is 0 Å². The number of hydrogen-bond acceptors (Lipinski definition) is 28. The van der Waals surface area contributed by atoms with Crippen molar-refractivity contribution in [2.45, 2.75) is 149 Å². The summed E-state index contributed by atoms with van der Waals surface area (Å²) < 4.78 is 60.9. The van der Waals surface area contributed by atoms with E-state index >= 15 is 0 Å². The maximum atomic E-state index is 14.8. The van der Waals surface area contributed by atoms with Gasteiger partial charge in [0.25, 0.3) is 0 Å². The van der Waals surface area contributed by atoms with Gasteiger partial charge in [-0.3, -0.25) is 30.0 Å². The van der Waals surface area contributed by atoms with E-state index < -0.39 is 100 Å². The third kappa shape index (κ3) is 9.95. The molecule has 22 rings (SSSR count). The van der Waals surface area contributed by atoms with Gasteiger partial charge in [0, 0.05) is 123 Å². The fraction of sp³-hybridized carbons (Fsp3) is 0.430. The average molecular weight is 1520 g/mol. The molecule has 11 N–H and O–H groups in total. The number of aromatic nitrogens is 2. The topological polar surface area (TPSA) is 372 Å². The predicted molar refractivity (Wildman–Crippen MR) is 394 cm³/mol. The predicted octanol–water partition coefficient (Wildman–Crippen LogP) is 7.66. The van der Waals surface area contributed by atoms with Gasteiger partial charge >= 0.3 is 23.9 Å². The lowest BCUT2D eigenvalue weighted by Crippen LogP contribution is -2.69. The summed E-state index contributed by atoms with van der Waals surface area (Å²) in [6, 6.07) is 11.8. The number of nitrogens with one attached hydrogen (secondary N) is 6. The highest BCUT2D eigenvalue weighted by Gasteiger charge is 2.63. The Morgan fingerprint density at radius 2 is 1.02 bits per heavy atom. The molecule has 16 heterocycles. The molecule has 566 valence electrons. The van der Waals surface area contributed by atoms with Crippen LogP contribution in [0.5, 0.6) is 69.0 Å². The van der Waals surface area contributed by atoms with Gasteiger partial charge in [-0.15, -0.1) is 23.5 Å². The van der Waals surface area contributed by atoms with E-state index in [2.05, 4.69) is 42.2 Å². The van der Waals surface area contributed by atoms with E-state index in [9.17, 15) is 50.0 Å². The van der Waals surface area contributed by atoms with Crippen molar-refractivity contribution in [3.05, 3.63) is 138 Å². The Kier molecular flexibility index (Phi) is 16.2. The highest BCUT2D eigenvalue weighted by atomic mass is 32.2. The number of aliphatic hydroxyl groups excluding tert-OH is 1. The molecule has 2 spiro atoms. The minimum atomic E-state index is -1.32. The van der Waals surface area contributed by atoms with E-state index in [1.807, 2.05) is 44.7 Å². The van der Waals surface area contributed by atoms with Crippen LogP contribution in [-0.2, 0) is 65.4 Å². The number of H-pyrrole nitrogens is 2. The van der Waals surface area contributed by atoms with Crippen molar-refractivity contribution in [3.63, 3.8) is 0 Å². The van der Waals surface area contributed by atoms with Gasteiger partial charge in [-0.2, -0.15) is 5.26 Å². The normalized spacial score (nSPS) is 29.0. The molecule has 0 amide bonds. The lowest BCUT2D eigenvalue weighted by molar-refractivity contribution is -0.164. The van der Waals surface area contributed by atoms with Gasteiger partial charge in [-0.25, -0.2) is 9.59 Å². The van der Waals surface area contributed by atoms with Crippen LogP contribution in [-0.4, -0.2) is 171 Å². The van der Waals surface area contributed by atoms with Gasteiger partial charge in [-0.1, -0.05) is 12.1 Å². The first-order chi connectivity index (χ1) is 52.6. The number of hydrogen-bond donors (Lipinski definition) is 11. The number of piperazine rings is 2. The number of carbonyl (C=O) groups is 4. The maximum Gasteiger partial charge on any atom is 0.333 e. The Morgan fingerprint density at radius 1 is 0.578 bits per heavy atom. The van der Waals surface area contributed by atoms with Crippen LogP contribution in [0.4, 0.5) is 0 Å². The monoisotopic (exact) mass is 1520 g/mol. The number of aryl methyl sites for hydroxylation is 2. The zero-order valence-electron chi connectivity index (χ0n) is 60.6. The van der Waals surface area contributed by atoms with Crippen LogP contribution in [0.25, 0.3) is 21.8 Å². The van der Waals surface area contributed by atoms with Gasteiger partial charge in [0.15, 0.2) is 57.1 Å².